The minimum Gasteiger partial charge on any atom is -0.380 e. The predicted octanol–water partition coefficient (Wildman–Crippen LogP) is 5.44. The van der Waals surface area contributed by atoms with Crippen molar-refractivity contribution in [3.63, 3.8) is 0 Å². The number of nitrogens with zero attached hydrogens (tertiary/aromatic N) is 4. The molecule has 2 N–H and O–H groups in total. The van der Waals surface area contributed by atoms with Crippen LogP contribution in [0.3, 0.4) is 0 Å². The van der Waals surface area contributed by atoms with Gasteiger partial charge >= 0.3 is 0 Å². The summed E-state index contributed by atoms with van der Waals surface area (Å²) in [6, 6.07) is 7.98. The largest absolute Gasteiger partial charge is 0.380 e. The molecule has 0 unspecified atom stereocenters. The van der Waals surface area contributed by atoms with Gasteiger partial charge in [0.25, 0.3) is 0 Å². The highest BCUT2D eigenvalue weighted by atomic mass is 19.1. The Morgan fingerprint density at radius 1 is 1.10 bits per heavy atom. The molecule has 0 aliphatic heterocycles. The number of nitrogens with two attached hydrogens (primary N) is 1. The summed E-state index contributed by atoms with van der Waals surface area (Å²) in [7, 11) is 1.72. The smallest absolute Gasteiger partial charge is 0.135 e. The molecule has 1 aliphatic carbocycles. The molecule has 9 heteroatoms. The number of ether oxygens (including phenoxy) is 2. The lowest BCUT2D eigenvalue weighted by Gasteiger charge is -2.38. The van der Waals surface area contributed by atoms with E-state index in [4.69, 9.17) is 15.2 Å². The number of fused-ring (bicyclic) bond motifs is 1. The van der Waals surface area contributed by atoms with E-state index in [9.17, 15) is 0 Å². The van der Waals surface area contributed by atoms with Crippen molar-refractivity contribution in [2.45, 2.75) is 70.8 Å². The van der Waals surface area contributed by atoms with Crippen LogP contribution in [0.5, 0.6) is 0 Å². The van der Waals surface area contributed by atoms with Crippen molar-refractivity contribution < 1.29 is 18.3 Å². The molecule has 4 atom stereocenters. The molecular formula is C30H35F2N5O2. The minimum atomic E-state index is -0.683. The van der Waals surface area contributed by atoms with Crippen molar-refractivity contribution in [2.75, 3.05) is 7.11 Å². The first-order valence-electron chi connectivity index (χ1n) is 13.4. The van der Waals surface area contributed by atoms with E-state index >= 15 is 8.78 Å². The van der Waals surface area contributed by atoms with Gasteiger partial charge in [0.05, 0.1) is 41.8 Å². The van der Waals surface area contributed by atoms with Gasteiger partial charge < -0.3 is 15.2 Å². The highest BCUT2D eigenvalue weighted by Gasteiger charge is 2.35. The number of imidazole rings is 1. The van der Waals surface area contributed by atoms with Gasteiger partial charge in [0.15, 0.2) is 0 Å². The number of aromatic nitrogens is 4. The summed E-state index contributed by atoms with van der Waals surface area (Å²) in [4.78, 5) is 8.96. The fraction of sp³-hybridized carbons (Fsp3) is 0.433. The van der Waals surface area contributed by atoms with Crippen LogP contribution in [0.25, 0.3) is 16.8 Å². The summed E-state index contributed by atoms with van der Waals surface area (Å²) in [6.45, 7) is 6.06. The third kappa shape index (κ3) is 5.71. The van der Waals surface area contributed by atoms with Gasteiger partial charge in [0, 0.05) is 32.0 Å². The van der Waals surface area contributed by atoms with Crippen LogP contribution in [0.15, 0.2) is 48.9 Å². The molecule has 206 valence electrons. The maximum Gasteiger partial charge on any atom is 0.135 e. The molecule has 0 amide bonds. The first kappa shape index (κ1) is 27.3. The molecule has 3 aromatic heterocycles. The van der Waals surface area contributed by atoms with Gasteiger partial charge in [-0.1, -0.05) is 6.92 Å². The van der Waals surface area contributed by atoms with Crippen LogP contribution in [-0.4, -0.2) is 44.9 Å². The summed E-state index contributed by atoms with van der Waals surface area (Å²) in [6.07, 6.45) is 7.63. The molecule has 0 bridgehead atoms. The topological polar surface area (TPSA) is 87.6 Å². The molecule has 5 rings (SSSR count). The van der Waals surface area contributed by atoms with Crippen LogP contribution in [0, 0.1) is 17.6 Å². The van der Waals surface area contributed by atoms with Crippen molar-refractivity contribution in [3.05, 3.63) is 83.1 Å². The first-order chi connectivity index (χ1) is 18.7. The molecule has 4 aromatic rings. The summed E-state index contributed by atoms with van der Waals surface area (Å²) < 4.78 is 43.0. The fourth-order valence-corrected chi connectivity index (χ4v) is 5.78. The molecule has 0 spiro atoms. The summed E-state index contributed by atoms with van der Waals surface area (Å²) in [5.41, 5.74) is 9.87. The number of rotatable bonds is 8. The lowest BCUT2D eigenvalue weighted by Crippen LogP contribution is -2.45. The van der Waals surface area contributed by atoms with E-state index in [1.54, 1.807) is 36.2 Å². The summed E-state index contributed by atoms with van der Waals surface area (Å²) in [5.74, 6) is -0.105. The van der Waals surface area contributed by atoms with Crippen LogP contribution >= 0.6 is 0 Å². The van der Waals surface area contributed by atoms with Gasteiger partial charge in [0.1, 0.15) is 17.5 Å². The Balaban J connectivity index is 1.45. The number of benzene rings is 1. The number of methoxy groups -OCH3 is 1. The third-order valence-electron chi connectivity index (χ3n) is 7.59. The van der Waals surface area contributed by atoms with Gasteiger partial charge in [-0.3, -0.25) is 4.98 Å². The van der Waals surface area contributed by atoms with Gasteiger partial charge in [-0.05, 0) is 85.5 Å². The minimum absolute atomic E-state index is 0.0413. The van der Waals surface area contributed by atoms with E-state index < -0.39 is 11.6 Å². The second-order valence-corrected chi connectivity index (χ2v) is 10.8. The maximum absolute atomic E-state index is 15.1. The molecule has 39 heavy (non-hydrogen) atoms. The van der Waals surface area contributed by atoms with E-state index in [0.717, 1.165) is 23.9 Å². The molecular weight excluding hydrogens is 500 g/mol. The molecule has 1 aliphatic rings. The Morgan fingerprint density at radius 2 is 1.87 bits per heavy atom. The second-order valence-electron chi connectivity index (χ2n) is 10.8. The number of pyridine rings is 1. The normalized spacial score (nSPS) is 21.6. The molecule has 1 aromatic carbocycles. The fourth-order valence-electron chi connectivity index (χ4n) is 5.78. The van der Waals surface area contributed by atoms with Crippen LogP contribution in [-0.2, 0) is 22.5 Å². The Labute approximate surface area is 227 Å². The van der Waals surface area contributed by atoms with E-state index in [2.05, 4.69) is 28.1 Å². The summed E-state index contributed by atoms with van der Waals surface area (Å²) >= 11 is 0. The second kappa shape index (κ2) is 11.5. The van der Waals surface area contributed by atoms with Crippen LogP contribution in [0.4, 0.5) is 8.78 Å². The van der Waals surface area contributed by atoms with E-state index in [1.807, 2.05) is 20.0 Å². The molecule has 0 radical (unpaired) electrons. The molecule has 1 saturated carbocycles. The monoisotopic (exact) mass is 535 g/mol. The van der Waals surface area contributed by atoms with Gasteiger partial charge in [-0.2, -0.15) is 5.10 Å². The van der Waals surface area contributed by atoms with E-state index in [1.165, 1.54) is 17.7 Å². The van der Waals surface area contributed by atoms with Gasteiger partial charge in [-0.25, -0.2) is 18.3 Å². The average molecular weight is 536 g/mol. The molecule has 0 saturated heterocycles. The first-order valence-corrected chi connectivity index (χ1v) is 13.4. The highest BCUT2D eigenvalue weighted by molar-refractivity contribution is 5.63. The zero-order chi connectivity index (χ0) is 27.7. The van der Waals surface area contributed by atoms with Crippen molar-refractivity contribution in [1.29, 1.82) is 0 Å². The predicted molar refractivity (Wildman–Crippen MR) is 145 cm³/mol. The zero-order valence-corrected chi connectivity index (χ0v) is 22.8. The molecule has 1 fully saturated rings. The quantitative estimate of drug-likeness (QED) is 0.323. The Bertz CT molecular complexity index is 1420. The van der Waals surface area contributed by atoms with Crippen molar-refractivity contribution in [2.24, 2.45) is 11.7 Å². The highest BCUT2D eigenvalue weighted by Crippen LogP contribution is 2.38. The Morgan fingerprint density at radius 3 is 2.56 bits per heavy atom. The average Bonchev–Trinajstić information content (AvgIpc) is 3.29. The van der Waals surface area contributed by atoms with Crippen molar-refractivity contribution in [3.8, 4) is 11.3 Å². The van der Waals surface area contributed by atoms with E-state index in [0.29, 0.717) is 23.7 Å². The summed E-state index contributed by atoms with van der Waals surface area (Å²) in [5, 5.41) is 4.60. The SMILES string of the molecule is CO[C@H]1[C@H](N)C[C@H](c2ccncc2Cc2ncc3ccc(-c4c(F)cc(COC(C)C)cc4F)nn23)C[C@@H]1C. The van der Waals surface area contributed by atoms with Crippen molar-refractivity contribution in [1.82, 2.24) is 19.6 Å². The van der Waals surface area contributed by atoms with Crippen LogP contribution in [0.1, 0.15) is 62.0 Å². The van der Waals surface area contributed by atoms with Gasteiger partial charge in [0.2, 0.25) is 0 Å². The Kier molecular flexibility index (Phi) is 8.02. The lowest BCUT2D eigenvalue weighted by atomic mass is 9.74. The van der Waals surface area contributed by atoms with Crippen LogP contribution < -0.4 is 5.73 Å². The van der Waals surface area contributed by atoms with Crippen molar-refractivity contribution >= 4 is 5.52 Å². The molecule has 3 heterocycles. The standard InChI is InChI=1S/C30H35F2N5O2/c1-17(2)39-16-19-10-24(31)29(25(32)11-19)27-6-5-22-15-35-28(37(22)36-27)13-21-14-34-8-7-23(21)20-9-18(3)30(38-4)26(33)12-20/h5-8,10-11,14-15,17-18,20,26,30H,9,12-13,16,33H2,1-4H3/t18-,20+,26+,30+/m0/s1. The van der Waals surface area contributed by atoms with Crippen LogP contribution in [0.2, 0.25) is 0 Å². The molecule has 7 nitrogen and oxygen atoms in total. The van der Waals surface area contributed by atoms with Gasteiger partial charge in [-0.15, -0.1) is 0 Å². The zero-order valence-electron chi connectivity index (χ0n) is 22.8. The number of hydrogen-bond acceptors (Lipinski definition) is 6. The Hall–Kier alpha value is -3.27. The number of halogens is 2. The van der Waals surface area contributed by atoms with E-state index in [-0.39, 0.29) is 42.0 Å². The lowest BCUT2D eigenvalue weighted by molar-refractivity contribution is 0.00970. The maximum atomic E-state index is 15.1. The number of hydrogen-bond donors (Lipinski definition) is 1. The third-order valence-corrected chi connectivity index (χ3v) is 7.59.